The second-order valence-electron chi connectivity index (χ2n) is 4.14. The van der Waals surface area contributed by atoms with Gasteiger partial charge in [-0.05, 0) is 13.8 Å². The van der Waals surface area contributed by atoms with Crippen molar-refractivity contribution in [2.75, 3.05) is 26.3 Å². The molecule has 0 radical (unpaired) electrons. The number of carbonyl (C=O) groups excluding carboxylic acids is 2. The van der Waals surface area contributed by atoms with Gasteiger partial charge in [-0.15, -0.1) is 0 Å². The number of carbonyl (C=O) groups is 2. The van der Waals surface area contributed by atoms with E-state index in [0.717, 1.165) is 0 Å². The number of hydrogen-bond acceptors (Lipinski definition) is 4. The van der Waals surface area contributed by atoms with Crippen LogP contribution in [0.25, 0.3) is 0 Å². The Hall–Kier alpha value is -1.34. The molecule has 0 spiro atoms. The van der Waals surface area contributed by atoms with Gasteiger partial charge < -0.3 is 15.4 Å². The molecule has 0 unspecified atom stereocenters. The fraction of sp³-hybridized carbons (Fsp3) is 0.778. The van der Waals surface area contributed by atoms with Gasteiger partial charge in [0.05, 0.1) is 13.2 Å². The number of morpholine rings is 1. The zero-order chi connectivity index (χ0) is 12.2. The molecule has 0 saturated carbocycles. The van der Waals surface area contributed by atoms with E-state index < -0.39 is 11.6 Å². The highest BCUT2D eigenvalue weighted by atomic mass is 16.5. The molecule has 7 heteroatoms. The Balaban J connectivity index is 2.52. The minimum atomic E-state index is -0.883. The third kappa shape index (κ3) is 3.35. The first kappa shape index (κ1) is 12.7. The summed E-state index contributed by atoms with van der Waals surface area (Å²) in [5.41, 5.74) is 8.85. The van der Waals surface area contributed by atoms with E-state index in [1.807, 2.05) is 0 Å². The topological polar surface area (TPSA) is 96.7 Å². The van der Waals surface area contributed by atoms with Gasteiger partial charge in [0.25, 0.3) is 0 Å². The average Bonchev–Trinajstić information content (AvgIpc) is 2.27. The number of ether oxygens (including phenoxy) is 1. The van der Waals surface area contributed by atoms with Crippen LogP contribution in [0.3, 0.4) is 0 Å². The number of nitrogens with one attached hydrogen (secondary N) is 2. The van der Waals surface area contributed by atoms with E-state index in [-0.39, 0.29) is 5.91 Å². The molecule has 1 fully saturated rings. The fourth-order valence-corrected chi connectivity index (χ4v) is 1.43. The third-order valence-electron chi connectivity index (χ3n) is 2.33. The Labute approximate surface area is 94.3 Å². The SMILES string of the molecule is CC(C)(NNC(N)=O)C(=O)N1CCOCC1. The lowest BCUT2D eigenvalue weighted by atomic mass is 10.0. The van der Waals surface area contributed by atoms with Gasteiger partial charge in [0, 0.05) is 13.1 Å². The predicted molar refractivity (Wildman–Crippen MR) is 57.3 cm³/mol. The van der Waals surface area contributed by atoms with Crippen molar-refractivity contribution in [3.05, 3.63) is 0 Å². The van der Waals surface area contributed by atoms with E-state index in [0.29, 0.717) is 26.3 Å². The number of rotatable bonds is 3. The number of urea groups is 1. The molecule has 1 rings (SSSR count). The zero-order valence-electron chi connectivity index (χ0n) is 9.58. The van der Waals surface area contributed by atoms with E-state index in [4.69, 9.17) is 10.5 Å². The highest BCUT2D eigenvalue weighted by Crippen LogP contribution is 2.09. The summed E-state index contributed by atoms with van der Waals surface area (Å²) in [7, 11) is 0. The third-order valence-corrected chi connectivity index (χ3v) is 2.33. The van der Waals surface area contributed by atoms with E-state index in [1.165, 1.54) is 0 Å². The van der Waals surface area contributed by atoms with Crippen LogP contribution in [0.4, 0.5) is 4.79 Å². The molecule has 0 aliphatic carbocycles. The second-order valence-corrected chi connectivity index (χ2v) is 4.14. The lowest BCUT2D eigenvalue weighted by Crippen LogP contribution is -2.61. The Bertz CT molecular complexity index is 274. The molecular formula is C9H18N4O3. The van der Waals surface area contributed by atoms with Crippen LogP contribution in [-0.2, 0) is 9.53 Å². The molecule has 3 amide bonds. The molecule has 1 heterocycles. The van der Waals surface area contributed by atoms with Crippen LogP contribution < -0.4 is 16.6 Å². The molecule has 0 atom stereocenters. The van der Waals surface area contributed by atoms with Gasteiger partial charge >= 0.3 is 6.03 Å². The first-order valence-electron chi connectivity index (χ1n) is 5.13. The molecule has 7 nitrogen and oxygen atoms in total. The summed E-state index contributed by atoms with van der Waals surface area (Å²) in [6.45, 7) is 5.60. The summed E-state index contributed by atoms with van der Waals surface area (Å²) in [5.74, 6) is -0.0930. The molecule has 0 aromatic carbocycles. The van der Waals surface area contributed by atoms with E-state index in [1.54, 1.807) is 18.7 Å². The first-order chi connectivity index (χ1) is 7.43. The minimum absolute atomic E-state index is 0.0930. The van der Waals surface area contributed by atoms with Crippen molar-refractivity contribution in [3.8, 4) is 0 Å². The molecule has 1 aliphatic rings. The normalized spacial score (nSPS) is 17.0. The van der Waals surface area contributed by atoms with Crippen LogP contribution in [0.5, 0.6) is 0 Å². The standard InChI is InChI=1S/C9H18N4O3/c1-9(2,12-11-8(10)15)7(14)13-3-5-16-6-4-13/h12H,3-6H2,1-2H3,(H3,10,11,15). The van der Waals surface area contributed by atoms with Crippen LogP contribution in [0.1, 0.15) is 13.8 Å². The maximum Gasteiger partial charge on any atom is 0.326 e. The van der Waals surface area contributed by atoms with Gasteiger partial charge in [0.2, 0.25) is 5.91 Å². The number of nitrogens with zero attached hydrogens (tertiary/aromatic N) is 1. The highest BCUT2D eigenvalue weighted by Gasteiger charge is 2.32. The molecule has 0 bridgehead atoms. The van der Waals surface area contributed by atoms with Gasteiger partial charge in [-0.3, -0.25) is 10.2 Å². The van der Waals surface area contributed by atoms with Crippen LogP contribution in [-0.4, -0.2) is 48.7 Å². The number of nitrogens with two attached hydrogens (primary N) is 1. The summed E-state index contributed by atoms with van der Waals surface area (Å²) in [5, 5.41) is 0. The van der Waals surface area contributed by atoms with Gasteiger partial charge in [0.15, 0.2) is 0 Å². The van der Waals surface area contributed by atoms with Crippen molar-refractivity contribution in [2.45, 2.75) is 19.4 Å². The van der Waals surface area contributed by atoms with Crippen LogP contribution in [0, 0.1) is 0 Å². The van der Waals surface area contributed by atoms with Gasteiger partial charge in [0.1, 0.15) is 5.54 Å². The van der Waals surface area contributed by atoms with Crippen LogP contribution in [0.15, 0.2) is 0 Å². The summed E-state index contributed by atoms with van der Waals surface area (Å²) >= 11 is 0. The van der Waals surface area contributed by atoms with Gasteiger partial charge in [-0.1, -0.05) is 0 Å². The molecule has 1 aliphatic heterocycles. The van der Waals surface area contributed by atoms with Crippen molar-refractivity contribution in [3.63, 3.8) is 0 Å². The van der Waals surface area contributed by atoms with Crippen molar-refractivity contribution in [1.29, 1.82) is 0 Å². The molecule has 92 valence electrons. The summed E-state index contributed by atoms with van der Waals surface area (Å²) in [6, 6.07) is -0.720. The maximum absolute atomic E-state index is 12.0. The number of amides is 3. The highest BCUT2D eigenvalue weighted by molar-refractivity contribution is 5.86. The number of hydrazine groups is 1. The smallest absolute Gasteiger partial charge is 0.326 e. The maximum atomic E-state index is 12.0. The second kappa shape index (κ2) is 5.13. The van der Waals surface area contributed by atoms with Crippen molar-refractivity contribution >= 4 is 11.9 Å². The Morgan fingerprint density at radius 1 is 1.31 bits per heavy atom. The minimum Gasteiger partial charge on any atom is -0.378 e. The molecule has 16 heavy (non-hydrogen) atoms. The first-order valence-corrected chi connectivity index (χ1v) is 5.13. The summed E-state index contributed by atoms with van der Waals surface area (Å²) in [6.07, 6.45) is 0. The Kier molecular flexibility index (Phi) is 4.08. The molecular weight excluding hydrogens is 212 g/mol. The van der Waals surface area contributed by atoms with E-state index in [9.17, 15) is 9.59 Å². The zero-order valence-corrected chi connectivity index (χ0v) is 9.58. The number of hydrogen-bond donors (Lipinski definition) is 3. The lowest BCUT2D eigenvalue weighted by Gasteiger charge is -2.34. The lowest BCUT2D eigenvalue weighted by molar-refractivity contribution is -0.141. The van der Waals surface area contributed by atoms with Gasteiger partial charge in [-0.25, -0.2) is 10.2 Å². The van der Waals surface area contributed by atoms with E-state index >= 15 is 0 Å². The average molecular weight is 230 g/mol. The van der Waals surface area contributed by atoms with Crippen LogP contribution >= 0.6 is 0 Å². The van der Waals surface area contributed by atoms with Crippen molar-refractivity contribution < 1.29 is 14.3 Å². The van der Waals surface area contributed by atoms with Crippen molar-refractivity contribution in [1.82, 2.24) is 15.8 Å². The fourth-order valence-electron chi connectivity index (χ4n) is 1.43. The quantitative estimate of drug-likeness (QED) is 0.530. The Morgan fingerprint density at radius 3 is 2.38 bits per heavy atom. The largest absolute Gasteiger partial charge is 0.378 e. The predicted octanol–water partition coefficient (Wildman–Crippen LogP) is -1.20. The van der Waals surface area contributed by atoms with E-state index in [2.05, 4.69) is 10.9 Å². The van der Waals surface area contributed by atoms with Crippen molar-refractivity contribution in [2.24, 2.45) is 5.73 Å². The summed E-state index contributed by atoms with van der Waals surface area (Å²) < 4.78 is 5.16. The molecule has 1 saturated heterocycles. The summed E-state index contributed by atoms with van der Waals surface area (Å²) in [4.78, 5) is 24.3. The molecule has 0 aromatic rings. The van der Waals surface area contributed by atoms with Gasteiger partial charge in [-0.2, -0.15) is 0 Å². The monoisotopic (exact) mass is 230 g/mol. The molecule has 0 aromatic heterocycles. The number of primary amides is 1. The Morgan fingerprint density at radius 2 is 1.88 bits per heavy atom. The molecule has 4 N–H and O–H groups in total. The van der Waals surface area contributed by atoms with Crippen LogP contribution in [0.2, 0.25) is 0 Å².